The number of carbonyl (C=O) groups excluding carboxylic acids is 2. The topological polar surface area (TPSA) is 88.3 Å². The molecule has 2 amide bonds. The van der Waals surface area contributed by atoms with Crippen molar-refractivity contribution in [1.29, 1.82) is 0 Å². The number of benzene rings is 1. The third kappa shape index (κ3) is 4.29. The van der Waals surface area contributed by atoms with E-state index in [4.69, 9.17) is 4.52 Å². The second-order valence-electron chi connectivity index (χ2n) is 6.54. The van der Waals surface area contributed by atoms with Gasteiger partial charge in [-0.2, -0.15) is 18.2 Å². The third-order valence-corrected chi connectivity index (χ3v) is 4.49. The summed E-state index contributed by atoms with van der Waals surface area (Å²) in [6.45, 7) is 0.452. The van der Waals surface area contributed by atoms with Crippen molar-refractivity contribution in [1.82, 2.24) is 20.4 Å². The number of aromatic nitrogens is 2. The summed E-state index contributed by atoms with van der Waals surface area (Å²) in [5.74, 6) is -4.76. The first-order chi connectivity index (χ1) is 13.1. The Bertz CT molecular complexity index is 883. The maximum atomic E-state index is 13.2. The third-order valence-electron chi connectivity index (χ3n) is 4.49. The SMILES string of the molecule is CC1CN(C(=O)CNC(=O)c2noc(-c3cccc(F)c3)n2)CC1C(F)(F)F. The molecule has 1 saturated heterocycles. The van der Waals surface area contributed by atoms with E-state index in [-0.39, 0.29) is 23.8 Å². The molecule has 3 rings (SSSR count). The summed E-state index contributed by atoms with van der Waals surface area (Å²) < 4.78 is 56.8. The molecule has 150 valence electrons. The number of nitrogens with one attached hydrogen (secondary N) is 1. The van der Waals surface area contributed by atoms with Crippen LogP contribution in [0.5, 0.6) is 0 Å². The van der Waals surface area contributed by atoms with Gasteiger partial charge in [0.2, 0.25) is 5.91 Å². The van der Waals surface area contributed by atoms with Gasteiger partial charge >= 0.3 is 6.18 Å². The molecule has 1 aromatic carbocycles. The van der Waals surface area contributed by atoms with E-state index in [1.54, 1.807) is 0 Å². The largest absolute Gasteiger partial charge is 0.393 e. The van der Waals surface area contributed by atoms with E-state index in [2.05, 4.69) is 15.5 Å². The zero-order chi connectivity index (χ0) is 20.5. The van der Waals surface area contributed by atoms with E-state index in [9.17, 15) is 27.2 Å². The van der Waals surface area contributed by atoms with Crippen molar-refractivity contribution >= 4 is 11.8 Å². The first-order valence-corrected chi connectivity index (χ1v) is 8.37. The van der Waals surface area contributed by atoms with Crippen LogP contribution in [0, 0.1) is 17.7 Å². The van der Waals surface area contributed by atoms with Gasteiger partial charge in [-0.25, -0.2) is 4.39 Å². The summed E-state index contributed by atoms with van der Waals surface area (Å²) in [4.78, 5) is 29.0. The highest BCUT2D eigenvalue weighted by atomic mass is 19.4. The van der Waals surface area contributed by atoms with Crippen LogP contribution in [0.25, 0.3) is 11.5 Å². The van der Waals surface area contributed by atoms with Crippen molar-refractivity contribution in [3.05, 3.63) is 35.9 Å². The van der Waals surface area contributed by atoms with Gasteiger partial charge in [0, 0.05) is 18.7 Å². The zero-order valence-corrected chi connectivity index (χ0v) is 14.7. The Kier molecular flexibility index (Phi) is 5.34. The van der Waals surface area contributed by atoms with E-state index >= 15 is 0 Å². The zero-order valence-electron chi connectivity index (χ0n) is 14.7. The summed E-state index contributed by atoms with van der Waals surface area (Å²) in [5, 5.41) is 5.71. The molecule has 1 aromatic heterocycles. The quantitative estimate of drug-likeness (QED) is 0.796. The highest BCUT2D eigenvalue weighted by molar-refractivity contribution is 5.93. The van der Waals surface area contributed by atoms with Crippen molar-refractivity contribution in [2.75, 3.05) is 19.6 Å². The molecule has 1 aliphatic heterocycles. The Morgan fingerprint density at radius 1 is 1.32 bits per heavy atom. The van der Waals surface area contributed by atoms with E-state index in [0.717, 1.165) is 11.0 Å². The lowest BCUT2D eigenvalue weighted by Gasteiger charge is -2.18. The molecule has 1 fully saturated rings. The number of carbonyl (C=O) groups is 2. The van der Waals surface area contributed by atoms with E-state index in [0.29, 0.717) is 0 Å². The molecule has 7 nitrogen and oxygen atoms in total. The molecule has 0 aliphatic carbocycles. The molecule has 0 saturated carbocycles. The fourth-order valence-electron chi connectivity index (χ4n) is 3.00. The Labute approximate surface area is 156 Å². The number of amides is 2. The molecular formula is C17H16F4N4O3. The fourth-order valence-corrected chi connectivity index (χ4v) is 3.00. The molecule has 2 heterocycles. The van der Waals surface area contributed by atoms with Gasteiger partial charge in [-0.15, -0.1) is 0 Å². The summed E-state index contributed by atoms with van der Waals surface area (Å²) >= 11 is 0. The maximum absolute atomic E-state index is 13.2. The molecule has 0 spiro atoms. The van der Waals surface area contributed by atoms with Crippen LogP contribution in [-0.4, -0.2) is 52.7 Å². The average Bonchev–Trinajstić information content (AvgIpc) is 3.26. The minimum atomic E-state index is -4.38. The molecule has 2 atom stereocenters. The fraction of sp³-hybridized carbons (Fsp3) is 0.412. The summed E-state index contributed by atoms with van der Waals surface area (Å²) in [7, 11) is 0. The van der Waals surface area contributed by atoms with Crippen LogP contribution in [0.4, 0.5) is 17.6 Å². The van der Waals surface area contributed by atoms with Crippen molar-refractivity contribution in [2.45, 2.75) is 13.1 Å². The summed E-state index contributed by atoms with van der Waals surface area (Å²) in [5.41, 5.74) is 0.270. The number of alkyl halides is 3. The van der Waals surface area contributed by atoms with Crippen LogP contribution >= 0.6 is 0 Å². The molecule has 1 N–H and O–H groups in total. The smallest absolute Gasteiger partial charge is 0.340 e. The number of hydrogen-bond donors (Lipinski definition) is 1. The summed E-state index contributed by atoms with van der Waals surface area (Å²) in [6, 6.07) is 5.30. The highest BCUT2D eigenvalue weighted by Crippen LogP contribution is 2.37. The van der Waals surface area contributed by atoms with Crippen molar-refractivity contribution in [3.63, 3.8) is 0 Å². The second-order valence-corrected chi connectivity index (χ2v) is 6.54. The van der Waals surface area contributed by atoms with Gasteiger partial charge in [0.25, 0.3) is 17.6 Å². The highest BCUT2D eigenvalue weighted by Gasteiger charge is 2.48. The molecule has 11 heteroatoms. The van der Waals surface area contributed by atoms with Crippen LogP contribution in [0.3, 0.4) is 0 Å². The molecule has 1 aliphatic rings. The van der Waals surface area contributed by atoms with Crippen LogP contribution in [0.1, 0.15) is 17.5 Å². The second kappa shape index (κ2) is 7.56. The normalized spacial score (nSPS) is 19.7. The molecule has 0 radical (unpaired) electrons. The van der Waals surface area contributed by atoms with Gasteiger partial charge in [-0.3, -0.25) is 9.59 Å². The number of nitrogens with zero attached hydrogens (tertiary/aromatic N) is 3. The van der Waals surface area contributed by atoms with E-state index in [1.165, 1.54) is 25.1 Å². The molecule has 28 heavy (non-hydrogen) atoms. The van der Waals surface area contributed by atoms with Crippen LogP contribution in [-0.2, 0) is 4.79 Å². The average molecular weight is 400 g/mol. The van der Waals surface area contributed by atoms with Crippen LogP contribution in [0.15, 0.2) is 28.8 Å². The van der Waals surface area contributed by atoms with Gasteiger partial charge in [0.1, 0.15) is 5.82 Å². The minimum Gasteiger partial charge on any atom is -0.340 e. The molecular weight excluding hydrogens is 384 g/mol. The van der Waals surface area contributed by atoms with Gasteiger partial charge in [0.15, 0.2) is 0 Å². The number of likely N-dealkylation sites (tertiary alicyclic amines) is 1. The summed E-state index contributed by atoms with van der Waals surface area (Å²) in [6.07, 6.45) is -4.38. The van der Waals surface area contributed by atoms with E-state index < -0.39 is 48.7 Å². The lowest BCUT2D eigenvalue weighted by Crippen LogP contribution is -2.40. The Morgan fingerprint density at radius 3 is 2.71 bits per heavy atom. The van der Waals surface area contributed by atoms with Crippen LogP contribution < -0.4 is 5.32 Å². The minimum absolute atomic E-state index is 0.0369. The van der Waals surface area contributed by atoms with E-state index in [1.807, 2.05) is 0 Å². The number of halogens is 4. The molecule has 2 unspecified atom stereocenters. The van der Waals surface area contributed by atoms with Crippen molar-refractivity contribution in [3.8, 4) is 11.5 Å². The first-order valence-electron chi connectivity index (χ1n) is 8.37. The Balaban J connectivity index is 1.57. The lowest BCUT2D eigenvalue weighted by atomic mass is 9.98. The van der Waals surface area contributed by atoms with Gasteiger partial charge in [-0.05, 0) is 24.1 Å². The first kappa shape index (κ1) is 19.8. The predicted octanol–water partition coefficient (Wildman–Crippen LogP) is 2.26. The number of hydrogen-bond acceptors (Lipinski definition) is 5. The standard InChI is InChI=1S/C17H16F4N4O3/c1-9-7-25(8-12(9)17(19,20)21)13(26)6-22-15(27)14-23-16(28-24-14)10-3-2-4-11(18)5-10/h2-5,9,12H,6-8H2,1H3,(H,22,27). The van der Waals surface area contributed by atoms with Crippen molar-refractivity contribution in [2.24, 2.45) is 11.8 Å². The van der Waals surface area contributed by atoms with Gasteiger partial charge < -0.3 is 14.7 Å². The Hall–Kier alpha value is -2.98. The lowest BCUT2D eigenvalue weighted by molar-refractivity contribution is -0.179. The van der Waals surface area contributed by atoms with Gasteiger partial charge in [-0.1, -0.05) is 18.1 Å². The predicted molar refractivity (Wildman–Crippen MR) is 87.3 cm³/mol. The molecule has 2 aromatic rings. The maximum Gasteiger partial charge on any atom is 0.393 e. The molecule has 0 bridgehead atoms. The number of rotatable bonds is 4. The monoisotopic (exact) mass is 400 g/mol. The van der Waals surface area contributed by atoms with Gasteiger partial charge in [0.05, 0.1) is 12.5 Å². The van der Waals surface area contributed by atoms with Crippen LogP contribution in [0.2, 0.25) is 0 Å². The Morgan fingerprint density at radius 2 is 2.07 bits per heavy atom. The van der Waals surface area contributed by atoms with Crippen molar-refractivity contribution < 1.29 is 31.7 Å².